The van der Waals surface area contributed by atoms with Gasteiger partial charge in [0.15, 0.2) is 5.78 Å². The number of ether oxygens (including phenoxy) is 1. The van der Waals surface area contributed by atoms with Crippen LogP contribution in [0.1, 0.15) is 32.7 Å². The third-order valence-electron chi connectivity index (χ3n) is 6.15. The predicted molar refractivity (Wildman–Crippen MR) is 138 cm³/mol. The quantitative estimate of drug-likeness (QED) is 0.288. The van der Waals surface area contributed by atoms with Gasteiger partial charge in [-0.3, -0.25) is 14.6 Å². The van der Waals surface area contributed by atoms with Gasteiger partial charge in [-0.15, -0.1) is 0 Å². The first kappa shape index (κ1) is 26.0. The van der Waals surface area contributed by atoms with Crippen LogP contribution in [-0.4, -0.2) is 29.1 Å². The van der Waals surface area contributed by atoms with E-state index < -0.39 is 17.5 Å². The van der Waals surface area contributed by atoms with Gasteiger partial charge in [-0.05, 0) is 54.0 Å². The van der Waals surface area contributed by atoms with Crippen molar-refractivity contribution >= 4 is 22.8 Å². The number of ketones is 1. The minimum atomic E-state index is -4.53. The minimum absolute atomic E-state index is 0.0139. The Bertz CT molecular complexity index is 1570. The maximum Gasteiger partial charge on any atom is 0.416 e. The van der Waals surface area contributed by atoms with Crippen molar-refractivity contribution in [3.63, 3.8) is 0 Å². The van der Waals surface area contributed by atoms with Crippen molar-refractivity contribution in [3.8, 4) is 11.1 Å². The maximum atomic E-state index is 13.3. The van der Waals surface area contributed by atoms with E-state index in [0.717, 1.165) is 23.1 Å². The molecule has 0 aliphatic carbocycles. The van der Waals surface area contributed by atoms with Gasteiger partial charge >= 0.3 is 6.18 Å². The first-order chi connectivity index (χ1) is 17.6. The molecule has 4 rings (SSSR count). The van der Waals surface area contributed by atoms with Crippen LogP contribution in [0.5, 0.6) is 0 Å². The number of pyridine rings is 2. The fourth-order valence-electron chi connectivity index (χ4n) is 4.15. The molecule has 0 radical (unpaired) electrons. The molecule has 0 unspecified atom stereocenters. The van der Waals surface area contributed by atoms with Crippen LogP contribution >= 0.6 is 0 Å². The number of carbonyl (C=O) groups excluding carboxylic acids is 1. The van der Waals surface area contributed by atoms with E-state index in [-0.39, 0.29) is 17.5 Å². The van der Waals surface area contributed by atoms with Crippen LogP contribution in [0.15, 0.2) is 71.7 Å². The zero-order valence-corrected chi connectivity index (χ0v) is 20.6. The summed E-state index contributed by atoms with van der Waals surface area (Å²) >= 11 is 0. The Balaban J connectivity index is 1.69. The van der Waals surface area contributed by atoms with Crippen LogP contribution < -0.4 is 5.56 Å². The average Bonchev–Trinajstić information content (AvgIpc) is 2.87. The second-order valence-electron chi connectivity index (χ2n) is 8.78. The molecule has 0 atom stereocenters. The standard InChI is InChI=1S/C29H25F3N2O3/c1-18-9-10-19(13-27(35)20-6-4-7-22(14-20)29(30,31)32)12-24(18)25-15-21-17-33-23(8-5-11-37-3)16-26(21)34(2)28(25)36/h4-10,12,14-17H,11,13H2,1-3H3/b8-5+. The minimum Gasteiger partial charge on any atom is -0.381 e. The van der Waals surface area contributed by atoms with E-state index in [2.05, 4.69) is 4.98 Å². The smallest absolute Gasteiger partial charge is 0.381 e. The zero-order valence-electron chi connectivity index (χ0n) is 20.6. The summed E-state index contributed by atoms with van der Waals surface area (Å²) in [6.07, 6.45) is 0.716. The number of fused-ring (bicyclic) bond motifs is 1. The molecule has 2 heterocycles. The molecule has 4 aromatic rings. The monoisotopic (exact) mass is 506 g/mol. The van der Waals surface area contributed by atoms with Gasteiger partial charge in [-0.1, -0.05) is 36.4 Å². The van der Waals surface area contributed by atoms with Gasteiger partial charge in [0.1, 0.15) is 0 Å². The third kappa shape index (κ3) is 5.70. The number of hydrogen-bond donors (Lipinski definition) is 0. The van der Waals surface area contributed by atoms with Gasteiger partial charge in [0.2, 0.25) is 0 Å². The Kier molecular flexibility index (Phi) is 7.40. The van der Waals surface area contributed by atoms with Gasteiger partial charge in [0.05, 0.1) is 23.4 Å². The van der Waals surface area contributed by atoms with E-state index in [4.69, 9.17) is 4.74 Å². The van der Waals surface area contributed by atoms with Crippen LogP contribution in [0, 0.1) is 6.92 Å². The average molecular weight is 507 g/mol. The molecule has 8 heteroatoms. The molecule has 5 nitrogen and oxygen atoms in total. The molecule has 2 aromatic carbocycles. The second kappa shape index (κ2) is 10.5. The number of benzene rings is 2. The molecular formula is C29H25F3N2O3. The third-order valence-corrected chi connectivity index (χ3v) is 6.15. The molecule has 37 heavy (non-hydrogen) atoms. The lowest BCUT2D eigenvalue weighted by Gasteiger charge is -2.13. The molecule has 0 amide bonds. The summed E-state index contributed by atoms with van der Waals surface area (Å²) in [7, 11) is 3.29. The number of halogens is 3. The summed E-state index contributed by atoms with van der Waals surface area (Å²) in [4.78, 5) is 30.6. The Morgan fingerprint density at radius 1 is 1.08 bits per heavy atom. The highest BCUT2D eigenvalue weighted by atomic mass is 19.4. The van der Waals surface area contributed by atoms with Crippen molar-refractivity contribution in [1.29, 1.82) is 0 Å². The molecule has 2 aromatic heterocycles. The van der Waals surface area contributed by atoms with E-state index >= 15 is 0 Å². The van der Waals surface area contributed by atoms with Crippen molar-refractivity contribution in [3.05, 3.63) is 105 Å². The van der Waals surface area contributed by atoms with Crippen molar-refractivity contribution < 1.29 is 22.7 Å². The van der Waals surface area contributed by atoms with Crippen LogP contribution in [0.4, 0.5) is 13.2 Å². The number of aromatic nitrogens is 2. The van der Waals surface area contributed by atoms with E-state index in [9.17, 15) is 22.8 Å². The van der Waals surface area contributed by atoms with Gasteiger partial charge < -0.3 is 9.30 Å². The highest BCUT2D eigenvalue weighted by Crippen LogP contribution is 2.30. The molecule has 190 valence electrons. The van der Waals surface area contributed by atoms with E-state index in [1.165, 1.54) is 12.1 Å². The molecule has 0 aliphatic heterocycles. The lowest BCUT2D eigenvalue weighted by molar-refractivity contribution is -0.137. The van der Waals surface area contributed by atoms with Gasteiger partial charge in [0, 0.05) is 43.3 Å². The summed E-state index contributed by atoms with van der Waals surface area (Å²) in [5, 5.41) is 0.769. The molecule has 0 spiro atoms. The lowest BCUT2D eigenvalue weighted by atomic mass is 9.94. The highest BCUT2D eigenvalue weighted by molar-refractivity contribution is 5.98. The first-order valence-electron chi connectivity index (χ1n) is 11.5. The summed E-state index contributed by atoms with van der Waals surface area (Å²) < 4.78 is 45.7. The summed E-state index contributed by atoms with van der Waals surface area (Å²) in [6.45, 7) is 2.31. The largest absolute Gasteiger partial charge is 0.416 e. The Hall–Kier alpha value is -4.04. The Morgan fingerprint density at radius 3 is 2.59 bits per heavy atom. The molecule has 0 aliphatic rings. The second-order valence-corrected chi connectivity index (χ2v) is 8.78. The zero-order chi connectivity index (χ0) is 26.7. The molecule has 0 fully saturated rings. The number of nitrogens with zero attached hydrogens (tertiary/aromatic N) is 2. The Morgan fingerprint density at radius 2 is 1.86 bits per heavy atom. The Labute approximate surface area is 211 Å². The van der Waals surface area contributed by atoms with Gasteiger partial charge in [0.25, 0.3) is 5.56 Å². The summed E-state index contributed by atoms with van der Waals surface area (Å²) in [5.74, 6) is -0.439. The van der Waals surface area contributed by atoms with E-state index in [0.29, 0.717) is 34.5 Å². The fourth-order valence-corrected chi connectivity index (χ4v) is 4.15. The molecular weight excluding hydrogens is 481 g/mol. The fraction of sp³-hybridized carbons (Fsp3) is 0.207. The summed E-state index contributed by atoms with van der Waals surface area (Å²) in [5.41, 5.74) is 2.85. The predicted octanol–water partition coefficient (Wildman–Crippen LogP) is 6.01. The topological polar surface area (TPSA) is 61.2 Å². The number of carbonyl (C=O) groups is 1. The van der Waals surface area contributed by atoms with Crippen molar-refractivity contribution in [1.82, 2.24) is 9.55 Å². The molecule has 0 saturated carbocycles. The number of hydrogen-bond acceptors (Lipinski definition) is 4. The normalized spacial score (nSPS) is 11.9. The van der Waals surface area contributed by atoms with Gasteiger partial charge in [-0.2, -0.15) is 13.2 Å². The number of Topliss-reactive ketones (excluding diaryl/α,β-unsaturated/α-hetero) is 1. The molecule has 0 N–H and O–H groups in total. The van der Waals surface area contributed by atoms with E-state index in [1.807, 2.05) is 25.1 Å². The van der Waals surface area contributed by atoms with Crippen molar-refractivity contribution in [2.24, 2.45) is 7.05 Å². The molecule has 0 bridgehead atoms. The number of alkyl halides is 3. The number of aryl methyl sites for hydroxylation is 2. The van der Waals surface area contributed by atoms with E-state index in [1.54, 1.807) is 49.2 Å². The number of methoxy groups -OCH3 is 1. The van der Waals surface area contributed by atoms with Crippen LogP contribution in [0.2, 0.25) is 0 Å². The van der Waals surface area contributed by atoms with Crippen LogP contribution in [-0.2, 0) is 24.4 Å². The first-order valence-corrected chi connectivity index (χ1v) is 11.5. The highest BCUT2D eigenvalue weighted by Gasteiger charge is 2.30. The van der Waals surface area contributed by atoms with Crippen LogP contribution in [0.25, 0.3) is 28.1 Å². The maximum absolute atomic E-state index is 13.3. The van der Waals surface area contributed by atoms with Gasteiger partial charge in [-0.25, -0.2) is 0 Å². The molecule has 0 saturated heterocycles. The SMILES string of the molecule is COC/C=C/c1cc2c(cn1)cc(-c1cc(CC(=O)c3cccc(C(F)(F)F)c3)ccc1C)c(=O)n2C. The lowest BCUT2D eigenvalue weighted by Crippen LogP contribution is -2.19. The van der Waals surface area contributed by atoms with Crippen molar-refractivity contribution in [2.75, 3.05) is 13.7 Å². The van der Waals surface area contributed by atoms with Crippen LogP contribution in [0.3, 0.4) is 0 Å². The number of rotatable bonds is 7. The summed E-state index contributed by atoms with van der Waals surface area (Å²) in [6, 6.07) is 13.3. The van der Waals surface area contributed by atoms with Crippen molar-refractivity contribution in [2.45, 2.75) is 19.5 Å².